The number of nitrogens with zero attached hydrogens (tertiary/aromatic N) is 2. The number of hydrogen-bond acceptors (Lipinski definition) is 5. The minimum absolute atomic E-state index is 0.0191. The normalized spacial score (nSPS) is 15.2. The molecule has 0 aliphatic carbocycles. The van der Waals surface area contributed by atoms with E-state index < -0.39 is 17.7 Å². The summed E-state index contributed by atoms with van der Waals surface area (Å²) in [5.74, 6) is -0.0984. The first-order chi connectivity index (χ1) is 14.6. The Morgan fingerprint density at radius 1 is 1.07 bits per heavy atom. The fourth-order valence-electron chi connectivity index (χ4n) is 3.66. The monoisotopic (exact) mass is 405 g/mol. The smallest absolute Gasteiger partial charge is 0.244 e. The summed E-state index contributed by atoms with van der Waals surface area (Å²) in [6.07, 6.45) is 4.85. The Morgan fingerprint density at radius 3 is 2.63 bits per heavy atom. The highest BCUT2D eigenvalue weighted by atomic mass is 19.1. The third-order valence-electron chi connectivity index (χ3n) is 5.14. The fraction of sp³-hybridized carbons (Fsp3) is 0.130. The van der Waals surface area contributed by atoms with Gasteiger partial charge in [0.05, 0.1) is 17.9 Å². The van der Waals surface area contributed by atoms with Gasteiger partial charge in [-0.3, -0.25) is 4.98 Å². The Kier molecular flexibility index (Phi) is 4.43. The van der Waals surface area contributed by atoms with Gasteiger partial charge in [-0.25, -0.2) is 13.8 Å². The SMILES string of the molecule is Cc1cc(-c2ncco2)ncc1-c1ccc2c(c1)OCC(c1c(F)cccc1F)N2. The van der Waals surface area contributed by atoms with E-state index >= 15 is 0 Å². The molecular formula is C23H17F2N3O2. The van der Waals surface area contributed by atoms with E-state index in [1.165, 1.54) is 24.5 Å². The van der Waals surface area contributed by atoms with Crippen molar-refractivity contribution in [3.05, 3.63) is 83.9 Å². The number of aryl methyl sites for hydroxylation is 1. The van der Waals surface area contributed by atoms with Crippen LogP contribution in [0.1, 0.15) is 17.2 Å². The molecule has 4 aromatic rings. The predicted octanol–water partition coefficient (Wildman–Crippen LogP) is 5.54. The topological polar surface area (TPSA) is 60.2 Å². The zero-order valence-electron chi connectivity index (χ0n) is 16.0. The number of rotatable bonds is 3. The molecule has 2 aromatic heterocycles. The van der Waals surface area contributed by atoms with Crippen LogP contribution in [0.25, 0.3) is 22.7 Å². The van der Waals surface area contributed by atoms with Crippen molar-refractivity contribution in [2.24, 2.45) is 0 Å². The first kappa shape index (κ1) is 18.3. The van der Waals surface area contributed by atoms with Gasteiger partial charge in [0.1, 0.15) is 35.9 Å². The molecule has 1 unspecified atom stereocenters. The number of hydrogen-bond donors (Lipinski definition) is 1. The number of aromatic nitrogens is 2. The molecule has 0 radical (unpaired) electrons. The van der Waals surface area contributed by atoms with E-state index in [0.29, 0.717) is 23.0 Å². The van der Waals surface area contributed by atoms with Crippen molar-refractivity contribution in [2.45, 2.75) is 13.0 Å². The van der Waals surface area contributed by atoms with Crippen LogP contribution in [0.3, 0.4) is 0 Å². The number of halogens is 2. The predicted molar refractivity (Wildman–Crippen MR) is 108 cm³/mol. The molecule has 5 rings (SSSR count). The molecule has 30 heavy (non-hydrogen) atoms. The summed E-state index contributed by atoms with van der Waals surface area (Å²) in [4.78, 5) is 8.57. The molecule has 0 saturated carbocycles. The standard InChI is InChI=1S/C23H17F2N3O2/c1-13-9-19(23-26-7-8-29-23)27-11-15(13)14-5-6-18-21(10-14)30-12-20(28-18)22-16(24)3-2-4-17(22)25/h2-11,20,28H,12H2,1H3. The van der Waals surface area contributed by atoms with E-state index in [9.17, 15) is 8.78 Å². The summed E-state index contributed by atoms with van der Waals surface area (Å²) in [5.41, 5.74) is 4.20. The first-order valence-corrected chi connectivity index (χ1v) is 9.44. The van der Waals surface area contributed by atoms with Gasteiger partial charge in [0.2, 0.25) is 5.89 Å². The molecule has 1 N–H and O–H groups in total. The van der Waals surface area contributed by atoms with Crippen LogP contribution in [0.15, 0.2) is 65.5 Å². The van der Waals surface area contributed by atoms with E-state index in [0.717, 1.165) is 16.7 Å². The molecular weight excluding hydrogens is 388 g/mol. The van der Waals surface area contributed by atoms with E-state index in [2.05, 4.69) is 15.3 Å². The number of pyridine rings is 1. The van der Waals surface area contributed by atoms with Crippen LogP contribution < -0.4 is 10.1 Å². The lowest BCUT2D eigenvalue weighted by Gasteiger charge is -2.28. The molecule has 7 heteroatoms. The summed E-state index contributed by atoms with van der Waals surface area (Å²) < 4.78 is 39.4. The van der Waals surface area contributed by atoms with Crippen LogP contribution in [-0.2, 0) is 0 Å². The Balaban J connectivity index is 1.44. The number of benzene rings is 2. The van der Waals surface area contributed by atoms with Gasteiger partial charge in [-0.05, 0) is 48.4 Å². The van der Waals surface area contributed by atoms with Gasteiger partial charge in [-0.15, -0.1) is 0 Å². The van der Waals surface area contributed by atoms with Gasteiger partial charge < -0.3 is 14.5 Å². The number of anilines is 1. The molecule has 0 saturated heterocycles. The first-order valence-electron chi connectivity index (χ1n) is 9.44. The Labute approximate surface area is 171 Å². The second-order valence-corrected chi connectivity index (χ2v) is 7.08. The third-order valence-corrected chi connectivity index (χ3v) is 5.14. The zero-order chi connectivity index (χ0) is 20.7. The molecule has 150 valence electrons. The minimum Gasteiger partial charge on any atom is -0.489 e. The van der Waals surface area contributed by atoms with Crippen LogP contribution >= 0.6 is 0 Å². The largest absolute Gasteiger partial charge is 0.489 e. The van der Waals surface area contributed by atoms with Crippen molar-refractivity contribution in [3.8, 4) is 28.5 Å². The van der Waals surface area contributed by atoms with E-state index in [1.807, 2.05) is 31.2 Å². The van der Waals surface area contributed by atoms with E-state index in [4.69, 9.17) is 9.15 Å². The second kappa shape index (κ2) is 7.26. The van der Waals surface area contributed by atoms with Crippen LogP contribution in [0.5, 0.6) is 5.75 Å². The highest BCUT2D eigenvalue weighted by Gasteiger charge is 2.26. The zero-order valence-corrected chi connectivity index (χ0v) is 16.0. The summed E-state index contributed by atoms with van der Waals surface area (Å²) in [7, 11) is 0. The van der Waals surface area contributed by atoms with Crippen molar-refractivity contribution in [1.82, 2.24) is 9.97 Å². The van der Waals surface area contributed by atoms with Crippen molar-refractivity contribution in [3.63, 3.8) is 0 Å². The fourth-order valence-corrected chi connectivity index (χ4v) is 3.66. The molecule has 1 aliphatic rings. The van der Waals surface area contributed by atoms with Gasteiger partial charge >= 0.3 is 0 Å². The highest BCUT2D eigenvalue weighted by Crippen LogP contribution is 2.38. The van der Waals surface area contributed by atoms with Crippen molar-refractivity contribution < 1.29 is 17.9 Å². The van der Waals surface area contributed by atoms with Gasteiger partial charge in [0.15, 0.2) is 0 Å². The van der Waals surface area contributed by atoms with Crippen LogP contribution in [0.4, 0.5) is 14.5 Å². The van der Waals surface area contributed by atoms with Gasteiger partial charge in [0.25, 0.3) is 0 Å². The van der Waals surface area contributed by atoms with Crippen LogP contribution in [-0.4, -0.2) is 16.6 Å². The third kappa shape index (κ3) is 3.18. The number of oxazole rings is 1. The van der Waals surface area contributed by atoms with E-state index in [1.54, 1.807) is 12.4 Å². The Hall–Kier alpha value is -3.74. The number of nitrogens with one attached hydrogen (secondary N) is 1. The minimum atomic E-state index is -0.604. The summed E-state index contributed by atoms with van der Waals surface area (Å²) in [6, 6.07) is 10.8. The molecule has 0 fully saturated rings. The summed E-state index contributed by atoms with van der Waals surface area (Å²) >= 11 is 0. The lowest BCUT2D eigenvalue weighted by atomic mass is 10.00. The number of ether oxygens (including phenoxy) is 1. The van der Waals surface area contributed by atoms with E-state index in [-0.39, 0.29) is 12.2 Å². The van der Waals surface area contributed by atoms with Gasteiger partial charge in [0, 0.05) is 17.3 Å². The lowest BCUT2D eigenvalue weighted by Crippen LogP contribution is -2.25. The molecule has 1 atom stereocenters. The van der Waals surface area contributed by atoms with Crippen molar-refractivity contribution >= 4 is 5.69 Å². The Bertz CT molecular complexity index is 1210. The van der Waals surface area contributed by atoms with Crippen LogP contribution in [0.2, 0.25) is 0 Å². The van der Waals surface area contributed by atoms with Crippen molar-refractivity contribution in [2.75, 3.05) is 11.9 Å². The Morgan fingerprint density at radius 2 is 1.90 bits per heavy atom. The molecule has 5 nitrogen and oxygen atoms in total. The average molecular weight is 405 g/mol. The maximum absolute atomic E-state index is 14.1. The lowest BCUT2D eigenvalue weighted by molar-refractivity contribution is 0.280. The molecule has 1 aliphatic heterocycles. The second-order valence-electron chi connectivity index (χ2n) is 7.08. The van der Waals surface area contributed by atoms with Gasteiger partial charge in [-0.2, -0.15) is 0 Å². The summed E-state index contributed by atoms with van der Waals surface area (Å²) in [5, 5.41) is 3.17. The number of fused-ring (bicyclic) bond motifs is 1. The maximum Gasteiger partial charge on any atom is 0.244 e. The molecule has 0 amide bonds. The molecule has 0 spiro atoms. The quantitative estimate of drug-likeness (QED) is 0.485. The van der Waals surface area contributed by atoms with Crippen molar-refractivity contribution in [1.29, 1.82) is 0 Å². The van der Waals surface area contributed by atoms with Gasteiger partial charge in [-0.1, -0.05) is 12.1 Å². The molecule has 0 bridgehead atoms. The summed E-state index contributed by atoms with van der Waals surface area (Å²) in [6.45, 7) is 2.10. The average Bonchev–Trinajstić information content (AvgIpc) is 3.28. The molecule has 2 aromatic carbocycles. The molecule has 3 heterocycles. The maximum atomic E-state index is 14.1. The van der Waals surface area contributed by atoms with Crippen LogP contribution in [0, 0.1) is 18.6 Å². The highest BCUT2D eigenvalue weighted by molar-refractivity contribution is 5.74.